The molecule has 0 spiro atoms. The van der Waals surface area contributed by atoms with Crippen molar-refractivity contribution in [2.75, 3.05) is 13.7 Å². The van der Waals surface area contributed by atoms with Crippen LogP contribution >= 0.6 is 0 Å². The van der Waals surface area contributed by atoms with E-state index in [1.807, 2.05) is 0 Å². The molecule has 1 unspecified atom stereocenters. The van der Waals surface area contributed by atoms with Crippen LogP contribution in [0.4, 0.5) is 0 Å². The molecule has 1 rings (SSSR count). The van der Waals surface area contributed by atoms with Gasteiger partial charge < -0.3 is 24.8 Å². The molecule has 3 N–H and O–H groups in total. The van der Waals surface area contributed by atoms with Gasteiger partial charge in [-0.2, -0.15) is 0 Å². The third-order valence-electron chi connectivity index (χ3n) is 1.67. The Morgan fingerprint density at radius 3 is 2.27 bits per heavy atom. The monoisotopic (exact) mass is 164 g/mol. The maximum absolute atomic E-state index is 9.14. The predicted molar refractivity (Wildman–Crippen MR) is 34.8 cm³/mol. The molecule has 11 heavy (non-hydrogen) atoms. The molecular weight excluding hydrogens is 152 g/mol. The van der Waals surface area contributed by atoms with Gasteiger partial charge in [0, 0.05) is 7.11 Å². The molecular formula is C6H12O5. The largest absolute Gasteiger partial charge is 0.387 e. The number of aliphatic hydroxyl groups excluding tert-OH is 3. The molecule has 1 saturated heterocycles. The van der Waals surface area contributed by atoms with Crippen molar-refractivity contribution in [3.05, 3.63) is 0 Å². The zero-order valence-corrected chi connectivity index (χ0v) is 6.17. The number of hydrogen-bond donors (Lipinski definition) is 3. The van der Waals surface area contributed by atoms with E-state index in [0.717, 1.165) is 0 Å². The van der Waals surface area contributed by atoms with Crippen LogP contribution in [0.5, 0.6) is 0 Å². The Kier molecular flexibility index (Phi) is 2.80. The minimum absolute atomic E-state index is 0.162. The minimum atomic E-state index is -1.30. The summed E-state index contributed by atoms with van der Waals surface area (Å²) < 4.78 is 9.44. The molecule has 0 radical (unpaired) electrons. The average Bonchev–Trinajstić information content (AvgIpc) is 2.19. The zero-order valence-electron chi connectivity index (χ0n) is 6.17. The predicted octanol–water partition coefficient (Wildman–Crippen LogP) is -1.93. The van der Waals surface area contributed by atoms with E-state index >= 15 is 0 Å². The van der Waals surface area contributed by atoms with Gasteiger partial charge in [0.15, 0.2) is 6.29 Å². The van der Waals surface area contributed by atoms with Crippen molar-refractivity contribution in [3.63, 3.8) is 0 Å². The van der Waals surface area contributed by atoms with E-state index in [1.54, 1.807) is 0 Å². The van der Waals surface area contributed by atoms with E-state index in [9.17, 15) is 0 Å². The number of methoxy groups -OCH3 is 1. The van der Waals surface area contributed by atoms with Gasteiger partial charge in [-0.3, -0.25) is 0 Å². The molecule has 0 saturated carbocycles. The maximum atomic E-state index is 9.14. The Hall–Kier alpha value is -0.200. The summed E-state index contributed by atoms with van der Waals surface area (Å²) in [6, 6.07) is 0. The lowest BCUT2D eigenvalue weighted by atomic mass is 10.1. The SMILES string of the molecule is COC[C@H]1OC(O)[C@H](O)[C@H]1O. The molecule has 5 heteroatoms. The Labute approximate surface area is 64.2 Å². The van der Waals surface area contributed by atoms with Gasteiger partial charge in [0.05, 0.1) is 6.61 Å². The number of rotatable bonds is 2. The maximum Gasteiger partial charge on any atom is 0.184 e. The van der Waals surface area contributed by atoms with Gasteiger partial charge in [-0.25, -0.2) is 0 Å². The van der Waals surface area contributed by atoms with Gasteiger partial charge in [0.25, 0.3) is 0 Å². The normalized spacial score (nSPS) is 44.7. The first-order valence-corrected chi connectivity index (χ1v) is 3.35. The summed E-state index contributed by atoms with van der Waals surface area (Å²) in [5, 5.41) is 27.0. The van der Waals surface area contributed by atoms with Crippen molar-refractivity contribution < 1.29 is 24.8 Å². The van der Waals surface area contributed by atoms with Gasteiger partial charge in [0.1, 0.15) is 18.3 Å². The topological polar surface area (TPSA) is 79.2 Å². The van der Waals surface area contributed by atoms with Crippen molar-refractivity contribution in [3.8, 4) is 0 Å². The van der Waals surface area contributed by atoms with Gasteiger partial charge >= 0.3 is 0 Å². The molecule has 1 fully saturated rings. The lowest BCUT2D eigenvalue weighted by molar-refractivity contribution is -0.134. The quantitative estimate of drug-likeness (QED) is 0.443. The Morgan fingerprint density at radius 2 is 1.91 bits per heavy atom. The second-order valence-electron chi connectivity index (χ2n) is 2.50. The summed E-state index contributed by atoms with van der Waals surface area (Å²) in [6.07, 6.45) is -4.23. The third kappa shape index (κ3) is 1.69. The number of ether oxygens (including phenoxy) is 2. The molecule has 0 aromatic heterocycles. The summed E-state index contributed by atoms with van der Waals surface area (Å²) >= 11 is 0. The van der Waals surface area contributed by atoms with Crippen molar-refractivity contribution in [2.24, 2.45) is 0 Å². The molecule has 0 aliphatic carbocycles. The lowest BCUT2D eigenvalue weighted by Gasteiger charge is -2.11. The molecule has 66 valence electrons. The van der Waals surface area contributed by atoms with Crippen LogP contribution in [-0.2, 0) is 9.47 Å². The van der Waals surface area contributed by atoms with Gasteiger partial charge in [-0.05, 0) is 0 Å². The first-order chi connectivity index (χ1) is 5.16. The van der Waals surface area contributed by atoms with Crippen LogP contribution in [0, 0.1) is 0 Å². The Morgan fingerprint density at radius 1 is 1.27 bits per heavy atom. The fourth-order valence-corrected chi connectivity index (χ4v) is 1.03. The summed E-state index contributed by atoms with van der Waals surface area (Å²) in [6.45, 7) is 0.162. The summed E-state index contributed by atoms with van der Waals surface area (Å²) in [4.78, 5) is 0. The van der Waals surface area contributed by atoms with Crippen LogP contribution < -0.4 is 0 Å². The fourth-order valence-electron chi connectivity index (χ4n) is 1.03. The molecule has 4 atom stereocenters. The summed E-state index contributed by atoms with van der Waals surface area (Å²) in [7, 11) is 1.45. The minimum Gasteiger partial charge on any atom is -0.387 e. The second-order valence-corrected chi connectivity index (χ2v) is 2.50. The third-order valence-corrected chi connectivity index (χ3v) is 1.67. The lowest BCUT2D eigenvalue weighted by Crippen LogP contribution is -2.34. The van der Waals surface area contributed by atoms with Crippen LogP contribution in [0.1, 0.15) is 0 Å². The highest BCUT2D eigenvalue weighted by atomic mass is 16.7. The van der Waals surface area contributed by atoms with Gasteiger partial charge in [-0.15, -0.1) is 0 Å². The summed E-state index contributed by atoms with van der Waals surface area (Å²) in [5.74, 6) is 0. The highest BCUT2D eigenvalue weighted by Crippen LogP contribution is 2.19. The first kappa shape index (κ1) is 8.89. The van der Waals surface area contributed by atoms with E-state index in [0.29, 0.717) is 0 Å². The highest BCUT2D eigenvalue weighted by Gasteiger charge is 2.41. The van der Waals surface area contributed by atoms with Gasteiger partial charge in [-0.1, -0.05) is 0 Å². The standard InChI is InChI=1S/C6H12O5/c1-10-2-3-4(7)5(8)6(9)11-3/h3-9H,2H2,1H3/t3-,4+,5-,6?/m1/s1. The Balaban J connectivity index is 2.45. The van der Waals surface area contributed by atoms with E-state index in [1.165, 1.54) is 7.11 Å². The Bertz CT molecular complexity index is 128. The van der Waals surface area contributed by atoms with Crippen molar-refractivity contribution in [1.29, 1.82) is 0 Å². The average molecular weight is 164 g/mol. The van der Waals surface area contributed by atoms with Crippen LogP contribution in [0.25, 0.3) is 0 Å². The van der Waals surface area contributed by atoms with Crippen LogP contribution in [0.15, 0.2) is 0 Å². The molecule has 1 aliphatic heterocycles. The smallest absolute Gasteiger partial charge is 0.184 e. The fraction of sp³-hybridized carbons (Fsp3) is 1.00. The molecule has 1 aliphatic rings. The molecule has 0 aromatic rings. The molecule has 5 nitrogen and oxygen atoms in total. The highest BCUT2D eigenvalue weighted by molar-refractivity contribution is 4.85. The first-order valence-electron chi connectivity index (χ1n) is 3.35. The number of aliphatic hydroxyl groups is 3. The van der Waals surface area contributed by atoms with E-state index in [2.05, 4.69) is 4.74 Å². The molecule has 0 aromatic carbocycles. The van der Waals surface area contributed by atoms with E-state index in [-0.39, 0.29) is 6.61 Å². The van der Waals surface area contributed by atoms with Gasteiger partial charge in [0.2, 0.25) is 0 Å². The molecule has 1 heterocycles. The zero-order chi connectivity index (χ0) is 8.43. The van der Waals surface area contributed by atoms with E-state index < -0.39 is 24.6 Å². The molecule has 0 bridgehead atoms. The molecule has 0 amide bonds. The summed E-state index contributed by atoms with van der Waals surface area (Å²) in [5.41, 5.74) is 0. The van der Waals surface area contributed by atoms with Crippen molar-refractivity contribution in [1.82, 2.24) is 0 Å². The second kappa shape index (κ2) is 3.46. The van der Waals surface area contributed by atoms with Crippen LogP contribution in [-0.4, -0.2) is 53.6 Å². The van der Waals surface area contributed by atoms with Crippen LogP contribution in [0.2, 0.25) is 0 Å². The van der Waals surface area contributed by atoms with Crippen molar-refractivity contribution >= 4 is 0 Å². The van der Waals surface area contributed by atoms with Crippen LogP contribution in [0.3, 0.4) is 0 Å². The van der Waals surface area contributed by atoms with E-state index in [4.69, 9.17) is 20.1 Å². The number of hydrogen-bond acceptors (Lipinski definition) is 5. The van der Waals surface area contributed by atoms with Crippen molar-refractivity contribution in [2.45, 2.75) is 24.6 Å².